The second-order valence-electron chi connectivity index (χ2n) is 3.96. The van der Waals surface area contributed by atoms with Gasteiger partial charge in [0.15, 0.2) is 6.10 Å². The molecule has 0 bridgehead atoms. The lowest BCUT2D eigenvalue weighted by Crippen LogP contribution is -2.51. The van der Waals surface area contributed by atoms with Gasteiger partial charge < -0.3 is 25.2 Å². The van der Waals surface area contributed by atoms with E-state index in [0.717, 1.165) is 0 Å². The average Bonchev–Trinajstić information content (AvgIpc) is 2.36. The number of carboxylic acids is 2. The molecule has 1 rings (SSSR count). The van der Waals surface area contributed by atoms with E-state index in [1.807, 2.05) is 0 Å². The van der Waals surface area contributed by atoms with E-state index in [9.17, 15) is 19.8 Å². The molecule has 0 fully saturated rings. The van der Waals surface area contributed by atoms with Crippen molar-refractivity contribution in [1.29, 1.82) is 0 Å². The van der Waals surface area contributed by atoms with E-state index in [0.29, 0.717) is 0 Å². The first-order valence-electron chi connectivity index (χ1n) is 5.27. The number of benzene rings is 1. The Kier molecular flexibility index (Phi) is 4.13. The SMILES string of the molecule is COc1cccc(C)c1[C@](O)(C(=O)O)[C@@H](O)C(=O)O. The standard InChI is InChI=1S/C12H14O7/c1-6-4-3-5-7(19-2)8(6)12(18,11(16)17)9(13)10(14)15/h3-5,9,13,18H,1-2H3,(H,14,15)(H,16,17)/t9-,12+/m0/s1. The zero-order chi connectivity index (χ0) is 14.8. The molecule has 0 aromatic heterocycles. The van der Waals surface area contributed by atoms with Gasteiger partial charge >= 0.3 is 11.9 Å². The maximum atomic E-state index is 11.3. The third-order valence-electron chi connectivity index (χ3n) is 2.79. The van der Waals surface area contributed by atoms with E-state index in [1.54, 1.807) is 6.07 Å². The molecule has 0 unspecified atom stereocenters. The zero-order valence-electron chi connectivity index (χ0n) is 10.3. The Morgan fingerprint density at radius 3 is 2.32 bits per heavy atom. The highest BCUT2D eigenvalue weighted by atomic mass is 16.5. The minimum atomic E-state index is -3.00. The largest absolute Gasteiger partial charge is 0.496 e. The number of methoxy groups -OCH3 is 1. The van der Waals surface area contributed by atoms with Gasteiger partial charge in [-0.1, -0.05) is 12.1 Å². The molecule has 0 aliphatic rings. The normalized spacial score (nSPS) is 15.4. The Bertz CT molecular complexity index is 511. The number of aryl methyl sites for hydroxylation is 1. The molecule has 1 aromatic carbocycles. The summed E-state index contributed by atoms with van der Waals surface area (Å²) in [6.07, 6.45) is -2.53. The Morgan fingerprint density at radius 2 is 1.89 bits per heavy atom. The first kappa shape index (κ1) is 14.9. The minimum absolute atomic E-state index is 0.0230. The average molecular weight is 270 g/mol. The van der Waals surface area contributed by atoms with Gasteiger partial charge in [-0.3, -0.25) is 0 Å². The van der Waals surface area contributed by atoms with Crippen LogP contribution in [-0.4, -0.2) is 45.6 Å². The number of hydrogen-bond acceptors (Lipinski definition) is 5. The van der Waals surface area contributed by atoms with Gasteiger partial charge in [-0.15, -0.1) is 0 Å². The van der Waals surface area contributed by atoms with Crippen molar-refractivity contribution in [3.63, 3.8) is 0 Å². The summed E-state index contributed by atoms with van der Waals surface area (Å²) in [6, 6.07) is 4.39. The molecule has 0 radical (unpaired) electrons. The molecule has 0 amide bonds. The minimum Gasteiger partial charge on any atom is -0.496 e. The maximum absolute atomic E-state index is 11.3. The van der Waals surface area contributed by atoms with Crippen molar-refractivity contribution in [1.82, 2.24) is 0 Å². The van der Waals surface area contributed by atoms with Gasteiger partial charge in [0.05, 0.1) is 7.11 Å². The van der Waals surface area contributed by atoms with Crippen LogP contribution >= 0.6 is 0 Å². The second kappa shape index (κ2) is 5.25. The fourth-order valence-electron chi connectivity index (χ4n) is 1.84. The number of rotatable bonds is 5. The predicted octanol–water partition coefficient (Wildman–Crippen LogP) is -0.279. The first-order valence-corrected chi connectivity index (χ1v) is 5.27. The number of aliphatic hydroxyl groups excluding tert-OH is 1. The molecule has 2 atom stereocenters. The van der Waals surface area contributed by atoms with Crippen LogP contribution in [0.25, 0.3) is 0 Å². The lowest BCUT2D eigenvalue weighted by Gasteiger charge is -2.29. The van der Waals surface area contributed by atoms with Gasteiger partial charge in [-0.25, -0.2) is 9.59 Å². The van der Waals surface area contributed by atoms with Gasteiger partial charge in [0, 0.05) is 5.56 Å². The molecular formula is C12H14O7. The Balaban J connectivity index is 3.60. The molecule has 0 aliphatic heterocycles. The molecule has 19 heavy (non-hydrogen) atoms. The van der Waals surface area contributed by atoms with Crippen molar-refractivity contribution >= 4 is 11.9 Å². The van der Waals surface area contributed by atoms with Crippen LogP contribution in [0.4, 0.5) is 0 Å². The van der Waals surface area contributed by atoms with Gasteiger partial charge in [-0.2, -0.15) is 0 Å². The van der Waals surface area contributed by atoms with Gasteiger partial charge in [-0.05, 0) is 18.6 Å². The van der Waals surface area contributed by atoms with E-state index in [1.165, 1.54) is 26.2 Å². The van der Waals surface area contributed by atoms with Gasteiger partial charge in [0.25, 0.3) is 0 Å². The molecule has 4 N–H and O–H groups in total. The lowest BCUT2D eigenvalue weighted by atomic mass is 9.84. The maximum Gasteiger partial charge on any atom is 0.344 e. The lowest BCUT2D eigenvalue weighted by molar-refractivity contribution is -0.185. The van der Waals surface area contributed by atoms with Crippen molar-refractivity contribution in [2.24, 2.45) is 0 Å². The van der Waals surface area contributed by atoms with Crippen LogP contribution < -0.4 is 4.74 Å². The summed E-state index contributed by atoms with van der Waals surface area (Å²) in [5.41, 5.74) is -3.01. The highest BCUT2D eigenvalue weighted by molar-refractivity contribution is 5.89. The molecule has 104 valence electrons. The van der Waals surface area contributed by atoms with E-state index in [2.05, 4.69) is 0 Å². The van der Waals surface area contributed by atoms with Crippen LogP contribution in [-0.2, 0) is 15.2 Å². The Labute approximate surface area is 108 Å². The third-order valence-corrected chi connectivity index (χ3v) is 2.79. The van der Waals surface area contributed by atoms with Crippen molar-refractivity contribution in [2.45, 2.75) is 18.6 Å². The highest BCUT2D eigenvalue weighted by Gasteiger charge is 2.51. The van der Waals surface area contributed by atoms with E-state index >= 15 is 0 Å². The summed E-state index contributed by atoms with van der Waals surface area (Å²) in [4.78, 5) is 22.1. The van der Waals surface area contributed by atoms with Crippen LogP contribution in [0.15, 0.2) is 18.2 Å². The molecular weight excluding hydrogens is 256 g/mol. The second-order valence-corrected chi connectivity index (χ2v) is 3.96. The highest BCUT2D eigenvalue weighted by Crippen LogP contribution is 2.36. The first-order chi connectivity index (χ1) is 8.76. The van der Waals surface area contributed by atoms with Gasteiger partial charge in [0.1, 0.15) is 5.75 Å². The van der Waals surface area contributed by atoms with Crippen LogP contribution in [0.5, 0.6) is 5.75 Å². The van der Waals surface area contributed by atoms with Crippen molar-refractivity contribution in [3.05, 3.63) is 29.3 Å². The zero-order valence-corrected chi connectivity index (χ0v) is 10.3. The Morgan fingerprint density at radius 1 is 1.32 bits per heavy atom. The number of aliphatic carboxylic acids is 2. The van der Waals surface area contributed by atoms with Crippen molar-refractivity contribution < 1.29 is 34.8 Å². The fraction of sp³-hybridized carbons (Fsp3) is 0.333. The fourth-order valence-corrected chi connectivity index (χ4v) is 1.84. The topological polar surface area (TPSA) is 124 Å². The van der Waals surface area contributed by atoms with Crippen molar-refractivity contribution in [3.8, 4) is 5.75 Å². The van der Waals surface area contributed by atoms with E-state index in [4.69, 9.17) is 14.9 Å². The number of carboxylic acid groups (broad SMARTS) is 2. The quantitative estimate of drug-likeness (QED) is 0.580. The summed E-state index contributed by atoms with van der Waals surface area (Å²) < 4.78 is 4.93. The Hall–Kier alpha value is -2.12. The summed E-state index contributed by atoms with van der Waals surface area (Å²) in [5.74, 6) is -3.75. The van der Waals surface area contributed by atoms with Crippen LogP contribution in [0, 0.1) is 6.92 Å². The van der Waals surface area contributed by atoms with Crippen LogP contribution in [0.1, 0.15) is 11.1 Å². The van der Waals surface area contributed by atoms with Crippen LogP contribution in [0.2, 0.25) is 0 Å². The number of hydrogen-bond donors (Lipinski definition) is 4. The van der Waals surface area contributed by atoms with E-state index < -0.39 is 23.6 Å². The van der Waals surface area contributed by atoms with E-state index in [-0.39, 0.29) is 16.9 Å². The molecule has 0 spiro atoms. The summed E-state index contributed by atoms with van der Waals surface area (Å²) >= 11 is 0. The molecule has 7 heteroatoms. The number of ether oxygens (including phenoxy) is 1. The summed E-state index contributed by atoms with van der Waals surface area (Å²) in [7, 11) is 1.24. The summed E-state index contributed by atoms with van der Waals surface area (Å²) in [5, 5.41) is 37.6. The van der Waals surface area contributed by atoms with Gasteiger partial charge in [0.2, 0.25) is 5.60 Å². The predicted molar refractivity (Wildman–Crippen MR) is 62.9 cm³/mol. The monoisotopic (exact) mass is 270 g/mol. The molecule has 0 saturated heterocycles. The number of carbonyl (C=O) groups is 2. The van der Waals surface area contributed by atoms with Crippen LogP contribution in [0.3, 0.4) is 0 Å². The molecule has 1 aromatic rings. The number of aliphatic hydroxyl groups is 2. The summed E-state index contributed by atoms with van der Waals surface area (Å²) in [6.45, 7) is 1.47. The molecule has 7 nitrogen and oxygen atoms in total. The third kappa shape index (κ3) is 2.38. The molecule has 0 heterocycles. The van der Waals surface area contributed by atoms with Crippen molar-refractivity contribution in [2.75, 3.05) is 7.11 Å². The molecule has 0 saturated carbocycles. The smallest absolute Gasteiger partial charge is 0.344 e. The molecule has 0 aliphatic carbocycles.